The maximum absolute atomic E-state index is 12.5. The Morgan fingerprint density at radius 2 is 1.50 bits per heavy atom. The molecule has 2 N–H and O–H groups in total. The van der Waals surface area contributed by atoms with Crippen LogP contribution >= 0.6 is 0 Å². The predicted octanol–water partition coefficient (Wildman–Crippen LogP) is 2.01. The van der Waals surface area contributed by atoms with Gasteiger partial charge in [-0.05, 0) is 68.6 Å². The maximum atomic E-state index is 12.5. The van der Waals surface area contributed by atoms with Crippen molar-refractivity contribution in [2.24, 2.45) is 28.9 Å². The Labute approximate surface area is 110 Å². The summed E-state index contributed by atoms with van der Waals surface area (Å²) in [7, 11) is 3.65. The SMILES string of the molecule is CN(C)C(=O)C(C)(N)C12CC3CC(CC(C3)C1)C2. The van der Waals surface area contributed by atoms with Gasteiger partial charge in [-0.25, -0.2) is 0 Å². The predicted molar refractivity (Wildman–Crippen MR) is 71.9 cm³/mol. The Morgan fingerprint density at radius 3 is 1.83 bits per heavy atom. The van der Waals surface area contributed by atoms with E-state index in [-0.39, 0.29) is 11.3 Å². The van der Waals surface area contributed by atoms with E-state index in [1.807, 2.05) is 21.0 Å². The van der Waals surface area contributed by atoms with Crippen LogP contribution in [0.1, 0.15) is 45.4 Å². The maximum Gasteiger partial charge on any atom is 0.242 e. The topological polar surface area (TPSA) is 46.3 Å². The molecule has 4 bridgehead atoms. The fraction of sp³-hybridized carbons (Fsp3) is 0.933. The molecule has 4 saturated carbocycles. The normalized spacial score (nSPS) is 44.8. The monoisotopic (exact) mass is 250 g/mol. The highest BCUT2D eigenvalue weighted by Crippen LogP contribution is 2.63. The van der Waals surface area contributed by atoms with Crippen LogP contribution in [0.25, 0.3) is 0 Å². The molecular weight excluding hydrogens is 224 g/mol. The Hall–Kier alpha value is -0.570. The van der Waals surface area contributed by atoms with Crippen LogP contribution in [0.15, 0.2) is 0 Å². The molecule has 0 radical (unpaired) electrons. The summed E-state index contributed by atoms with van der Waals surface area (Å²) in [5, 5.41) is 0. The van der Waals surface area contributed by atoms with Crippen molar-refractivity contribution < 1.29 is 4.79 Å². The summed E-state index contributed by atoms with van der Waals surface area (Å²) in [5.74, 6) is 2.64. The lowest BCUT2D eigenvalue weighted by Crippen LogP contribution is -2.67. The molecule has 0 aromatic carbocycles. The highest BCUT2D eigenvalue weighted by molar-refractivity contribution is 5.86. The molecule has 4 fully saturated rings. The summed E-state index contributed by atoms with van der Waals surface area (Å²) in [4.78, 5) is 14.2. The van der Waals surface area contributed by atoms with E-state index in [0.29, 0.717) is 0 Å². The first kappa shape index (κ1) is 12.5. The molecule has 1 amide bonds. The zero-order valence-electron chi connectivity index (χ0n) is 11.9. The van der Waals surface area contributed by atoms with Crippen molar-refractivity contribution in [2.45, 2.75) is 51.0 Å². The molecule has 0 heterocycles. The van der Waals surface area contributed by atoms with Gasteiger partial charge < -0.3 is 10.6 Å². The molecule has 3 heteroatoms. The minimum Gasteiger partial charge on any atom is -0.347 e. The number of likely N-dealkylation sites (N-methyl/N-ethyl adjacent to an activating group) is 1. The first-order chi connectivity index (χ1) is 8.34. The van der Waals surface area contributed by atoms with Crippen LogP contribution in [0, 0.1) is 23.2 Å². The van der Waals surface area contributed by atoms with E-state index < -0.39 is 5.54 Å². The van der Waals surface area contributed by atoms with Gasteiger partial charge in [0, 0.05) is 14.1 Å². The highest BCUT2D eigenvalue weighted by atomic mass is 16.2. The van der Waals surface area contributed by atoms with Crippen molar-refractivity contribution >= 4 is 5.91 Å². The van der Waals surface area contributed by atoms with Crippen LogP contribution in [-0.2, 0) is 4.79 Å². The summed E-state index contributed by atoms with van der Waals surface area (Å²) in [6.07, 6.45) is 7.74. The number of amides is 1. The average molecular weight is 250 g/mol. The average Bonchev–Trinajstić information content (AvgIpc) is 2.25. The van der Waals surface area contributed by atoms with E-state index in [9.17, 15) is 4.79 Å². The molecular formula is C15H26N2O. The molecule has 0 saturated heterocycles. The molecule has 3 nitrogen and oxygen atoms in total. The van der Waals surface area contributed by atoms with E-state index in [1.165, 1.54) is 38.5 Å². The quantitative estimate of drug-likeness (QED) is 0.815. The lowest BCUT2D eigenvalue weighted by molar-refractivity contribution is -0.151. The highest BCUT2D eigenvalue weighted by Gasteiger charge is 2.60. The van der Waals surface area contributed by atoms with Gasteiger partial charge in [0.1, 0.15) is 0 Å². The molecule has 1 unspecified atom stereocenters. The number of carbonyl (C=O) groups is 1. The Bertz CT molecular complexity index is 337. The van der Waals surface area contributed by atoms with Crippen LogP contribution in [0.5, 0.6) is 0 Å². The van der Waals surface area contributed by atoms with Crippen molar-refractivity contribution in [3.8, 4) is 0 Å². The molecule has 4 rings (SSSR count). The van der Waals surface area contributed by atoms with Crippen molar-refractivity contribution in [3.05, 3.63) is 0 Å². The van der Waals surface area contributed by atoms with Gasteiger partial charge in [0.2, 0.25) is 5.91 Å². The summed E-state index contributed by atoms with van der Waals surface area (Å²) in [5.41, 5.74) is 5.98. The standard InChI is InChI=1S/C15H26N2O/c1-14(16,13(18)17(2)3)15-7-10-4-11(8-15)6-12(5-10)9-15/h10-12H,4-9,16H2,1-3H3. The minimum atomic E-state index is -0.674. The third-order valence-electron chi connectivity index (χ3n) is 5.99. The Morgan fingerprint density at radius 1 is 1.11 bits per heavy atom. The molecule has 1 atom stereocenters. The number of carbonyl (C=O) groups excluding carboxylic acids is 1. The van der Waals surface area contributed by atoms with Crippen LogP contribution in [0.3, 0.4) is 0 Å². The van der Waals surface area contributed by atoms with Gasteiger partial charge in [-0.2, -0.15) is 0 Å². The molecule has 0 spiro atoms. The third-order valence-corrected chi connectivity index (χ3v) is 5.99. The molecule has 0 aromatic rings. The first-order valence-corrected chi connectivity index (χ1v) is 7.35. The zero-order chi connectivity index (χ0) is 13.1. The van der Waals surface area contributed by atoms with Crippen molar-refractivity contribution in [3.63, 3.8) is 0 Å². The third kappa shape index (κ3) is 1.56. The summed E-state index contributed by atoms with van der Waals surface area (Å²) in [6.45, 7) is 1.99. The molecule has 4 aliphatic rings. The van der Waals surface area contributed by atoms with Crippen molar-refractivity contribution in [1.82, 2.24) is 4.90 Å². The van der Waals surface area contributed by atoms with Gasteiger partial charge in [0.15, 0.2) is 0 Å². The first-order valence-electron chi connectivity index (χ1n) is 7.35. The van der Waals surface area contributed by atoms with E-state index >= 15 is 0 Å². The van der Waals surface area contributed by atoms with Crippen LogP contribution < -0.4 is 5.73 Å². The molecule has 0 aromatic heterocycles. The van der Waals surface area contributed by atoms with Crippen LogP contribution in [0.2, 0.25) is 0 Å². The van der Waals surface area contributed by atoms with E-state index in [1.54, 1.807) is 4.90 Å². The van der Waals surface area contributed by atoms with Crippen LogP contribution in [0.4, 0.5) is 0 Å². The van der Waals surface area contributed by atoms with Gasteiger partial charge in [-0.1, -0.05) is 0 Å². The molecule has 0 aliphatic heterocycles. The number of hydrogen-bond acceptors (Lipinski definition) is 2. The fourth-order valence-electron chi connectivity index (χ4n) is 5.44. The smallest absolute Gasteiger partial charge is 0.242 e. The lowest BCUT2D eigenvalue weighted by atomic mass is 9.45. The van der Waals surface area contributed by atoms with Gasteiger partial charge in [0.05, 0.1) is 5.54 Å². The molecule has 102 valence electrons. The largest absolute Gasteiger partial charge is 0.347 e. The number of nitrogens with zero attached hydrogens (tertiary/aromatic N) is 1. The number of hydrogen-bond donors (Lipinski definition) is 1. The molecule has 4 aliphatic carbocycles. The number of rotatable bonds is 2. The van der Waals surface area contributed by atoms with Gasteiger partial charge in [-0.3, -0.25) is 4.79 Å². The summed E-state index contributed by atoms with van der Waals surface area (Å²) < 4.78 is 0. The number of nitrogens with two attached hydrogens (primary N) is 1. The van der Waals surface area contributed by atoms with E-state index in [0.717, 1.165) is 17.8 Å². The summed E-state index contributed by atoms with van der Waals surface area (Å²) >= 11 is 0. The Kier molecular flexibility index (Phi) is 2.58. The Balaban J connectivity index is 1.93. The minimum absolute atomic E-state index is 0.0864. The zero-order valence-corrected chi connectivity index (χ0v) is 11.9. The van der Waals surface area contributed by atoms with Gasteiger partial charge >= 0.3 is 0 Å². The van der Waals surface area contributed by atoms with Gasteiger partial charge in [-0.15, -0.1) is 0 Å². The van der Waals surface area contributed by atoms with Crippen molar-refractivity contribution in [2.75, 3.05) is 14.1 Å². The van der Waals surface area contributed by atoms with Crippen LogP contribution in [-0.4, -0.2) is 30.4 Å². The lowest BCUT2D eigenvalue weighted by Gasteiger charge is -2.61. The second-order valence-corrected chi connectivity index (χ2v) is 7.60. The van der Waals surface area contributed by atoms with E-state index in [4.69, 9.17) is 5.73 Å². The van der Waals surface area contributed by atoms with E-state index in [2.05, 4.69) is 0 Å². The second kappa shape index (κ2) is 3.72. The van der Waals surface area contributed by atoms with Crippen molar-refractivity contribution in [1.29, 1.82) is 0 Å². The summed E-state index contributed by atoms with van der Waals surface area (Å²) in [6, 6.07) is 0. The van der Waals surface area contributed by atoms with Gasteiger partial charge in [0.25, 0.3) is 0 Å². The molecule has 18 heavy (non-hydrogen) atoms. The second-order valence-electron chi connectivity index (χ2n) is 7.60. The fourth-order valence-corrected chi connectivity index (χ4v) is 5.44.